The smallest absolute Gasteiger partial charge is 0.0919 e. The standard InChI is InChI=1S/C12H15N3S/c1-15-12(10(13)6-14-15)9-7-16-11-5-3-2-4-8(9)11/h6-7H,2-5,13H2,1H3. The van der Waals surface area contributed by atoms with E-state index in [1.807, 2.05) is 23.1 Å². The van der Waals surface area contributed by atoms with E-state index in [2.05, 4.69) is 10.5 Å². The third-order valence-corrected chi connectivity index (χ3v) is 4.37. The zero-order valence-corrected chi connectivity index (χ0v) is 10.2. The number of aryl methyl sites for hydroxylation is 2. The molecule has 0 radical (unpaired) electrons. The van der Waals surface area contributed by atoms with Crippen molar-refractivity contribution in [1.82, 2.24) is 9.78 Å². The molecule has 2 aromatic heterocycles. The number of rotatable bonds is 1. The predicted octanol–water partition coefficient (Wildman–Crippen LogP) is 2.61. The molecule has 3 rings (SSSR count). The van der Waals surface area contributed by atoms with E-state index in [4.69, 9.17) is 5.73 Å². The Balaban J connectivity index is 2.17. The second-order valence-electron chi connectivity index (χ2n) is 4.33. The monoisotopic (exact) mass is 233 g/mol. The summed E-state index contributed by atoms with van der Waals surface area (Å²) in [4.78, 5) is 1.54. The Labute approximate surface area is 98.9 Å². The van der Waals surface area contributed by atoms with Crippen molar-refractivity contribution < 1.29 is 0 Å². The molecule has 0 amide bonds. The van der Waals surface area contributed by atoms with Gasteiger partial charge in [0.1, 0.15) is 0 Å². The molecule has 3 nitrogen and oxygen atoms in total. The number of thiophene rings is 1. The van der Waals surface area contributed by atoms with Gasteiger partial charge in [-0.25, -0.2) is 0 Å². The average Bonchev–Trinajstić information content (AvgIpc) is 2.83. The molecule has 0 saturated carbocycles. The lowest BCUT2D eigenvalue weighted by Crippen LogP contribution is -2.02. The largest absolute Gasteiger partial charge is 0.396 e. The van der Waals surface area contributed by atoms with Gasteiger partial charge in [0.25, 0.3) is 0 Å². The van der Waals surface area contributed by atoms with Crippen LogP contribution < -0.4 is 5.73 Å². The molecule has 0 saturated heterocycles. The van der Waals surface area contributed by atoms with Gasteiger partial charge in [0.15, 0.2) is 0 Å². The summed E-state index contributed by atoms with van der Waals surface area (Å²) in [6, 6.07) is 0. The highest BCUT2D eigenvalue weighted by atomic mass is 32.1. The Morgan fingerprint density at radius 3 is 2.94 bits per heavy atom. The number of aromatic nitrogens is 2. The Morgan fingerprint density at radius 1 is 1.38 bits per heavy atom. The molecule has 2 N–H and O–H groups in total. The summed E-state index contributed by atoms with van der Waals surface area (Å²) in [5, 5.41) is 6.46. The summed E-state index contributed by atoms with van der Waals surface area (Å²) >= 11 is 1.87. The average molecular weight is 233 g/mol. The highest BCUT2D eigenvalue weighted by Gasteiger charge is 2.19. The molecule has 4 heteroatoms. The zero-order valence-electron chi connectivity index (χ0n) is 9.36. The van der Waals surface area contributed by atoms with E-state index in [1.54, 1.807) is 11.1 Å². The third-order valence-electron chi connectivity index (χ3n) is 3.28. The van der Waals surface area contributed by atoms with E-state index in [0.717, 1.165) is 11.4 Å². The van der Waals surface area contributed by atoms with Gasteiger partial charge in [-0.3, -0.25) is 4.68 Å². The van der Waals surface area contributed by atoms with Gasteiger partial charge in [-0.2, -0.15) is 5.10 Å². The molecule has 84 valence electrons. The van der Waals surface area contributed by atoms with Crippen molar-refractivity contribution in [2.24, 2.45) is 7.05 Å². The number of hydrogen-bond donors (Lipinski definition) is 1. The molecule has 0 fully saturated rings. The van der Waals surface area contributed by atoms with E-state index >= 15 is 0 Å². The quantitative estimate of drug-likeness (QED) is 0.822. The molecule has 0 atom stereocenters. The molecule has 1 aliphatic rings. The maximum Gasteiger partial charge on any atom is 0.0919 e. The summed E-state index contributed by atoms with van der Waals surface area (Å²) in [5.74, 6) is 0. The first-order valence-corrected chi connectivity index (χ1v) is 6.52. The highest BCUT2D eigenvalue weighted by molar-refractivity contribution is 7.10. The maximum absolute atomic E-state index is 5.99. The van der Waals surface area contributed by atoms with Crippen LogP contribution in [0.4, 0.5) is 5.69 Å². The number of anilines is 1. The van der Waals surface area contributed by atoms with Crippen LogP contribution in [0.3, 0.4) is 0 Å². The van der Waals surface area contributed by atoms with Crippen LogP contribution in [-0.4, -0.2) is 9.78 Å². The van der Waals surface area contributed by atoms with Gasteiger partial charge in [0.05, 0.1) is 17.6 Å². The van der Waals surface area contributed by atoms with Crippen molar-refractivity contribution in [3.63, 3.8) is 0 Å². The van der Waals surface area contributed by atoms with Gasteiger partial charge in [0.2, 0.25) is 0 Å². The van der Waals surface area contributed by atoms with Gasteiger partial charge < -0.3 is 5.73 Å². The number of nitrogen functional groups attached to an aromatic ring is 1. The lowest BCUT2D eigenvalue weighted by molar-refractivity contribution is 0.696. The highest BCUT2D eigenvalue weighted by Crippen LogP contribution is 2.38. The van der Waals surface area contributed by atoms with Crippen molar-refractivity contribution >= 4 is 17.0 Å². The summed E-state index contributed by atoms with van der Waals surface area (Å²) in [5.41, 5.74) is 10.7. The number of hydrogen-bond acceptors (Lipinski definition) is 3. The lowest BCUT2D eigenvalue weighted by Gasteiger charge is -2.13. The Hall–Kier alpha value is -1.29. The topological polar surface area (TPSA) is 43.8 Å². The van der Waals surface area contributed by atoms with Crippen LogP contribution in [0, 0.1) is 0 Å². The molecule has 2 aromatic rings. The first-order chi connectivity index (χ1) is 7.77. The Morgan fingerprint density at radius 2 is 2.19 bits per heavy atom. The van der Waals surface area contributed by atoms with Crippen LogP contribution in [0.1, 0.15) is 23.3 Å². The van der Waals surface area contributed by atoms with Crippen LogP contribution in [0.25, 0.3) is 11.3 Å². The first kappa shape index (κ1) is 9.90. The molecule has 0 unspecified atom stereocenters. The molecule has 0 aliphatic heterocycles. The van der Waals surface area contributed by atoms with Gasteiger partial charge >= 0.3 is 0 Å². The Bertz CT molecular complexity index is 505. The number of nitrogens with two attached hydrogens (primary N) is 1. The SMILES string of the molecule is Cn1ncc(N)c1-c1csc2c1CCCC2. The van der Waals surface area contributed by atoms with Gasteiger partial charge in [0, 0.05) is 22.9 Å². The minimum Gasteiger partial charge on any atom is -0.396 e. The van der Waals surface area contributed by atoms with Crippen LogP contribution in [0.2, 0.25) is 0 Å². The summed E-state index contributed by atoms with van der Waals surface area (Å²) in [6.07, 6.45) is 6.79. The van der Waals surface area contributed by atoms with E-state index < -0.39 is 0 Å². The molecule has 0 spiro atoms. The number of nitrogens with zero attached hydrogens (tertiary/aromatic N) is 2. The fourth-order valence-corrected chi connectivity index (χ4v) is 3.61. The van der Waals surface area contributed by atoms with Gasteiger partial charge in [-0.05, 0) is 31.2 Å². The van der Waals surface area contributed by atoms with Crippen LogP contribution >= 0.6 is 11.3 Å². The minimum atomic E-state index is 0.786. The van der Waals surface area contributed by atoms with Crippen LogP contribution in [0.5, 0.6) is 0 Å². The summed E-state index contributed by atoms with van der Waals surface area (Å²) < 4.78 is 1.88. The molecule has 0 bridgehead atoms. The molecular formula is C12H15N3S. The van der Waals surface area contributed by atoms with Crippen molar-refractivity contribution in [3.8, 4) is 11.3 Å². The summed E-state index contributed by atoms with van der Waals surface area (Å²) in [6.45, 7) is 0. The first-order valence-electron chi connectivity index (χ1n) is 5.64. The van der Waals surface area contributed by atoms with Crippen molar-refractivity contribution in [1.29, 1.82) is 0 Å². The second kappa shape index (κ2) is 3.63. The maximum atomic E-state index is 5.99. The van der Waals surface area contributed by atoms with Crippen molar-refractivity contribution in [2.45, 2.75) is 25.7 Å². The minimum absolute atomic E-state index is 0.786. The number of fused-ring (bicyclic) bond motifs is 1. The fourth-order valence-electron chi connectivity index (χ4n) is 2.48. The van der Waals surface area contributed by atoms with E-state index in [0.29, 0.717) is 0 Å². The van der Waals surface area contributed by atoms with Crippen LogP contribution in [0.15, 0.2) is 11.6 Å². The van der Waals surface area contributed by atoms with Crippen LogP contribution in [-0.2, 0) is 19.9 Å². The normalized spacial score (nSPS) is 15.1. The van der Waals surface area contributed by atoms with E-state index in [9.17, 15) is 0 Å². The second-order valence-corrected chi connectivity index (χ2v) is 5.29. The Kier molecular flexibility index (Phi) is 2.24. The molecule has 0 aromatic carbocycles. The van der Waals surface area contributed by atoms with Crippen molar-refractivity contribution in [3.05, 3.63) is 22.0 Å². The van der Waals surface area contributed by atoms with Gasteiger partial charge in [-0.1, -0.05) is 0 Å². The summed E-state index contributed by atoms with van der Waals surface area (Å²) in [7, 11) is 1.96. The predicted molar refractivity (Wildman–Crippen MR) is 67.6 cm³/mol. The van der Waals surface area contributed by atoms with E-state index in [1.165, 1.54) is 36.8 Å². The third kappa shape index (κ3) is 1.37. The lowest BCUT2D eigenvalue weighted by atomic mass is 9.94. The molecule has 16 heavy (non-hydrogen) atoms. The van der Waals surface area contributed by atoms with Gasteiger partial charge in [-0.15, -0.1) is 11.3 Å². The molecule has 2 heterocycles. The van der Waals surface area contributed by atoms with Crippen molar-refractivity contribution in [2.75, 3.05) is 5.73 Å². The van der Waals surface area contributed by atoms with E-state index in [-0.39, 0.29) is 0 Å². The zero-order chi connectivity index (χ0) is 11.1. The molecule has 1 aliphatic carbocycles. The molecular weight excluding hydrogens is 218 g/mol. The fraction of sp³-hybridized carbons (Fsp3) is 0.417.